The third-order valence-corrected chi connectivity index (χ3v) is 4.61. The van der Waals surface area contributed by atoms with Gasteiger partial charge in [0.1, 0.15) is 0 Å². The van der Waals surface area contributed by atoms with Crippen LogP contribution in [-0.4, -0.2) is 42.0 Å². The van der Waals surface area contributed by atoms with Crippen LogP contribution >= 0.6 is 0 Å². The summed E-state index contributed by atoms with van der Waals surface area (Å²) in [6.45, 7) is 3.02. The maximum atomic E-state index is 13.2. The number of halogens is 3. The lowest BCUT2D eigenvalue weighted by Crippen LogP contribution is -2.53. The summed E-state index contributed by atoms with van der Waals surface area (Å²) < 4.78 is 39.5. The molecule has 1 saturated carbocycles. The fourth-order valence-corrected chi connectivity index (χ4v) is 3.28. The molecule has 3 nitrogen and oxygen atoms in total. The highest BCUT2D eigenvalue weighted by Crippen LogP contribution is 2.45. The number of nitrogens with two attached hydrogens (primary N) is 1. The van der Waals surface area contributed by atoms with Crippen molar-refractivity contribution in [2.45, 2.75) is 31.1 Å². The lowest BCUT2D eigenvalue weighted by Gasteiger charge is -2.41. The van der Waals surface area contributed by atoms with Crippen molar-refractivity contribution in [1.82, 2.24) is 9.80 Å². The Morgan fingerprint density at radius 3 is 2.57 bits per heavy atom. The molecule has 1 saturated heterocycles. The summed E-state index contributed by atoms with van der Waals surface area (Å²) in [6.07, 6.45) is -2.20. The molecule has 1 aromatic rings. The van der Waals surface area contributed by atoms with Crippen molar-refractivity contribution in [3.63, 3.8) is 0 Å². The standard InChI is InChI=1S/C15H20F3N3/c1-20-6-7-21(14(10-20)4-5-14)9-11-2-3-12(19)8-13(11)15(16,17)18/h2-3,8H,4-7,9-10,19H2,1H3. The molecule has 0 atom stereocenters. The van der Waals surface area contributed by atoms with Gasteiger partial charge in [-0.2, -0.15) is 13.2 Å². The third kappa shape index (κ3) is 2.87. The second kappa shape index (κ2) is 4.88. The van der Waals surface area contributed by atoms with Gasteiger partial charge in [-0.25, -0.2) is 0 Å². The molecule has 3 rings (SSSR count). The van der Waals surface area contributed by atoms with Crippen molar-refractivity contribution >= 4 is 5.69 Å². The first-order valence-electron chi connectivity index (χ1n) is 7.19. The van der Waals surface area contributed by atoms with Crippen LogP contribution in [0.4, 0.5) is 18.9 Å². The summed E-state index contributed by atoms with van der Waals surface area (Å²) in [7, 11) is 2.07. The highest BCUT2D eigenvalue weighted by molar-refractivity contribution is 5.46. The van der Waals surface area contributed by atoms with Gasteiger partial charge in [0, 0.05) is 37.4 Å². The summed E-state index contributed by atoms with van der Waals surface area (Å²) >= 11 is 0. The van der Waals surface area contributed by atoms with Crippen LogP contribution in [-0.2, 0) is 12.7 Å². The molecule has 1 aliphatic heterocycles. The molecule has 2 aliphatic rings. The molecule has 21 heavy (non-hydrogen) atoms. The number of hydrogen-bond donors (Lipinski definition) is 1. The average molecular weight is 299 g/mol. The Morgan fingerprint density at radius 1 is 1.24 bits per heavy atom. The van der Waals surface area contributed by atoms with Gasteiger partial charge in [-0.15, -0.1) is 0 Å². The zero-order chi connectivity index (χ0) is 15.3. The number of likely N-dealkylation sites (N-methyl/N-ethyl adjacent to an activating group) is 1. The van der Waals surface area contributed by atoms with E-state index in [0.29, 0.717) is 12.1 Å². The van der Waals surface area contributed by atoms with Crippen molar-refractivity contribution in [3.05, 3.63) is 29.3 Å². The van der Waals surface area contributed by atoms with Gasteiger partial charge in [-0.05, 0) is 37.6 Å². The summed E-state index contributed by atoms with van der Waals surface area (Å²) in [5.74, 6) is 0. The predicted molar refractivity (Wildman–Crippen MR) is 75.7 cm³/mol. The minimum atomic E-state index is -4.35. The number of nitrogen functional groups attached to an aromatic ring is 1. The highest BCUT2D eigenvalue weighted by atomic mass is 19.4. The molecule has 2 fully saturated rings. The van der Waals surface area contributed by atoms with Gasteiger partial charge < -0.3 is 10.6 Å². The van der Waals surface area contributed by atoms with Gasteiger partial charge >= 0.3 is 6.18 Å². The Balaban J connectivity index is 1.85. The zero-order valence-electron chi connectivity index (χ0n) is 12.1. The van der Waals surface area contributed by atoms with Crippen LogP contribution in [0.25, 0.3) is 0 Å². The molecule has 2 N–H and O–H groups in total. The van der Waals surface area contributed by atoms with E-state index in [9.17, 15) is 13.2 Å². The molecule has 1 spiro atoms. The van der Waals surface area contributed by atoms with Crippen molar-refractivity contribution in [1.29, 1.82) is 0 Å². The first-order valence-corrected chi connectivity index (χ1v) is 7.19. The predicted octanol–water partition coefficient (Wildman–Crippen LogP) is 2.57. The molecule has 1 aliphatic carbocycles. The Bertz CT molecular complexity index is 537. The SMILES string of the molecule is CN1CCN(Cc2ccc(N)cc2C(F)(F)F)C2(CC2)C1. The number of benzene rings is 1. The maximum Gasteiger partial charge on any atom is 0.416 e. The van der Waals surface area contributed by atoms with E-state index in [1.54, 1.807) is 6.07 Å². The number of nitrogens with zero attached hydrogens (tertiary/aromatic N) is 2. The van der Waals surface area contributed by atoms with Crippen molar-refractivity contribution in [3.8, 4) is 0 Å². The highest BCUT2D eigenvalue weighted by Gasteiger charge is 2.50. The van der Waals surface area contributed by atoms with Crippen LogP contribution in [0.3, 0.4) is 0 Å². The van der Waals surface area contributed by atoms with Crippen LogP contribution in [0.2, 0.25) is 0 Å². The van der Waals surface area contributed by atoms with E-state index < -0.39 is 11.7 Å². The fourth-order valence-electron chi connectivity index (χ4n) is 3.28. The van der Waals surface area contributed by atoms with E-state index in [-0.39, 0.29) is 11.2 Å². The molecule has 0 unspecified atom stereocenters. The Hall–Kier alpha value is -1.27. The second-order valence-corrected chi connectivity index (χ2v) is 6.30. The van der Waals surface area contributed by atoms with Crippen LogP contribution in [0.15, 0.2) is 18.2 Å². The minimum absolute atomic E-state index is 0.0945. The molecule has 0 aromatic heterocycles. The van der Waals surface area contributed by atoms with Crippen LogP contribution in [0, 0.1) is 0 Å². The zero-order valence-corrected chi connectivity index (χ0v) is 12.1. The third-order valence-electron chi connectivity index (χ3n) is 4.61. The molecule has 6 heteroatoms. The van der Waals surface area contributed by atoms with E-state index in [4.69, 9.17) is 5.73 Å². The molecule has 0 bridgehead atoms. The molecule has 1 aromatic carbocycles. The van der Waals surface area contributed by atoms with E-state index in [1.807, 2.05) is 0 Å². The molecule has 0 radical (unpaired) electrons. The number of anilines is 1. The maximum absolute atomic E-state index is 13.2. The van der Waals surface area contributed by atoms with Crippen molar-refractivity contribution in [2.24, 2.45) is 0 Å². The lowest BCUT2D eigenvalue weighted by atomic mass is 10.0. The molecule has 0 amide bonds. The summed E-state index contributed by atoms with van der Waals surface area (Å²) in [4.78, 5) is 4.48. The van der Waals surface area contributed by atoms with Crippen LogP contribution in [0.1, 0.15) is 24.0 Å². The van der Waals surface area contributed by atoms with Crippen molar-refractivity contribution < 1.29 is 13.2 Å². The Kier molecular flexibility index (Phi) is 3.41. The first-order chi connectivity index (χ1) is 9.80. The van der Waals surface area contributed by atoms with Gasteiger partial charge in [0.25, 0.3) is 0 Å². The monoisotopic (exact) mass is 299 g/mol. The summed E-state index contributed by atoms with van der Waals surface area (Å²) in [5, 5.41) is 0. The molecule has 1 heterocycles. The van der Waals surface area contributed by atoms with E-state index in [1.165, 1.54) is 6.07 Å². The topological polar surface area (TPSA) is 32.5 Å². The molecular weight excluding hydrogens is 279 g/mol. The Morgan fingerprint density at radius 2 is 1.95 bits per heavy atom. The second-order valence-electron chi connectivity index (χ2n) is 6.30. The average Bonchev–Trinajstić information content (AvgIpc) is 3.14. The number of rotatable bonds is 2. The van der Waals surface area contributed by atoms with Gasteiger partial charge in [-0.1, -0.05) is 6.07 Å². The molecule has 116 valence electrons. The Labute approximate surface area is 122 Å². The van der Waals surface area contributed by atoms with E-state index in [0.717, 1.165) is 38.5 Å². The molecular formula is C15H20F3N3. The first kappa shape index (κ1) is 14.7. The fraction of sp³-hybridized carbons (Fsp3) is 0.600. The number of hydrogen-bond acceptors (Lipinski definition) is 3. The van der Waals surface area contributed by atoms with Gasteiger partial charge in [0.2, 0.25) is 0 Å². The van der Waals surface area contributed by atoms with Crippen LogP contribution in [0.5, 0.6) is 0 Å². The number of alkyl halides is 3. The van der Waals surface area contributed by atoms with Crippen LogP contribution < -0.4 is 5.73 Å². The van der Waals surface area contributed by atoms with Gasteiger partial charge in [-0.3, -0.25) is 4.90 Å². The minimum Gasteiger partial charge on any atom is -0.399 e. The lowest BCUT2D eigenvalue weighted by molar-refractivity contribution is -0.138. The smallest absolute Gasteiger partial charge is 0.399 e. The van der Waals surface area contributed by atoms with Gasteiger partial charge in [0.15, 0.2) is 0 Å². The normalized spacial score (nSPS) is 22.7. The summed E-state index contributed by atoms with van der Waals surface area (Å²) in [5.41, 5.74) is 5.50. The number of piperazine rings is 1. The largest absolute Gasteiger partial charge is 0.416 e. The summed E-state index contributed by atoms with van der Waals surface area (Å²) in [6, 6.07) is 4.12. The quantitative estimate of drug-likeness (QED) is 0.852. The van der Waals surface area contributed by atoms with E-state index >= 15 is 0 Å². The van der Waals surface area contributed by atoms with E-state index in [2.05, 4.69) is 16.8 Å². The van der Waals surface area contributed by atoms with Crippen molar-refractivity contribution in [2.75, 3.05) is 32.4 Å². The van der Waals surface area contributed by atoms with Gasteiger partial charge in [0.05, 0.1) is 5.56 Å².